The highest BCUT2D eigenvalue weighted by atomic mass is 19.1. The number of halogens is 1. The molecule has 0 radical (unpaired) electrons. The van der Waals surface area contributed by atoms with Crippen molar-refractivity contribution < 1.29 is 9.50 Å². The van der Waals surface area contributed by atoms with E-state index in [1.807, 2.05) is 13.8 Å². The molecule has 0 aliphatic rings. The van der Waals surface area contributed by atoms with E-state index in [0.29, 0.717) is 12.1 Å². The van der Waals surface area contributed by atoms with Crippen molar-refractivity contribution in [2.45, 2.75) is 45.6 Å². The van der Waals surface area contributed by atoms with Crippen molar-refractivity contribution in [3.63, 3.8) is 0 Å². The SMILES string of the molecule is CCCC(C)C(O)(CC)c1ccc(F)cn1. The number of pyridine rings is 1. The van der Waals surface area contributed by atoms with Gasteiger partial charge in [0.1, 0.15) is 11.4 Å². The minimum Gasteiger partial charge on any atom is -0.383 e. The molecule has 16 heavy (non-hydrogen) atoms. The van der Waals surface area contributed by atoms with Gasteiger partial charge in [0.15, 0.2) is 0 Å². The zero-order chi connectivity index (χ0) is 12.2. The highest BCUT2D eigenvalue weighted by molar-refractivity contribution is 5.14. The maximum absolute atomic E-state index is 12.8. The molecule has 0 bridgehead atoms. The highest BCUT2D eigenvalue weighted by Crippen LogP contribution is 2.34. The maximum Gasteiger partial charge on any atom is 0.141 e. The van der Waals surface area contributed by atoms with E-state index in [0.717, 1.165) is 19.0 Å². The molecule has 1 rings (SSSR count). The molecule has 1 aromatic heterocycles. The van der Waals surface area contributed by atoms with Crippen LogP contribution in [0.1, 0.15) is 45.7 Å². The van der Waals surface area contributed by atoms with Crippen molar-refractivity contribution >= 4 is 0 Å². The Morgan fingerprint density at radius 1 is 1.44 bits per heavy atom. The smallest absolute Gasteiger partial charge is 0.141 e. The summed E-state index contributed by atoms with van der Waals surface area (Å²) >= 11 is 0. The van der Waals surface area contributed by atoms with Crippen molar-refractivity contribution in [3.05, 3.63) is 29.8 Å². The molecule has 2 nitrogen and oxygen atoms in total. The molecule has 1 N–H and O–H groups in total. The molecule has 0 spiro atoms. The van der Waals surface area contributed by atoms with Crippen molar-refractivity contribution in [2.75, 3.05) is 0 Å². The maximum atomic E-state index is 12.8. The Hall–Kier alpha value is -0.960. The Bertz CT molecular complexity index is 325. The van der Waals surface area contributed by atoms with E-state index >= 15 is 0 Å². The third-order valence-corrected chi connectivity index (χ3v) is 3.25. The average molecular weight is 225 g/mol. The van der Waals surface area contributed by atoms with Crippen LogP contribution in [0.25, 0.3) is 0 Å². The Kier molecular flexibility index (Phi) is 4.42. The molecule has 0 saturated heterocycles. The largest absolute Gasteiger partial charge is 0.383 e. The first-order chi connectivity index (χ1) is 7.54. The lowest BCUT2D eigenvalue weighted by Crippen LogP contribution is -2.33. The van der Waals surface area contributed by atoms with Crippen LogP contribution < -0.4 is 0 Å². The second-order valence-electron chi connectivity index (χ2n) is 4.33. The molecular weight excluding hydrogens is 205 g/mol. The number of aromatic nitrogens is 1. The van der Waals surface area contributed by atoms with E-state index in [9.17, 15) is 9.50 Å². The lowest BCUT2D eigenvalue weighted by atomic mass is 9.80. The molecule has 2 unspecified atom stereocenters. The zero-order valence-electron chi connectivity index (χ0n) is 10.2. The summed E-state index contributed by atoms with van der Waals surface area (Å²) in [6.07, 6.45) is 3.70. The Balaban J connectivity index is 2.99. The van der Waals surface area contributed by atoms with Gasteiger partial charge in [0.25, 0.3) is 0 Å². The summed E-state index contributed by atoms with van der Waals surface area (Å²) in [6.45, 7) is 6.03. The van der Waals surface area contributed by atoms with Gasteiger partial charge in [-0.1, -0.05) is 27.2 Å². The minimum absolute atomic E-state index is 0.125. The average Bonchev–Trinajstić information content (AvgIpc) is 2.29. The molecule has 0 fully saturated rings. The van der Waals surface area contributed by atoms with E-state index in [4.69, 9.17) is 0 Å². The number of nitrogens with zero attached hydrogens (tertiary/aromatic N) is 1. The first-order valence-corrected chi connectivity index (χ1v) is 5.89. The molecule has 0 saturated carbocycles. The highest BCUT2D eigenvalue weighted by Gasteiger charge is 2.34. The zero-order valence-corrected chi connectivity index (χ0v) is 10.2. The van der Waals surface area contributed by atoms with Crippen LogP contribution in [-0.4, -0.2) is 10.1 Å². The fourth-order valence-corrected chi connectivity index (χ4v) is 2.09. The van der Waals surface area contributed by atoms with Crippen LogP contribution in [0.5, 0.6) is 0 Å². The van der Waals surface area contributed by atoms with Crippen molar-refractivity contribution in [1.29, 1.82) is 0 Å². The van der Waals surface area contributed by atoms with Gasteiger partial charge in [0, 0.05) is 0 Å². The van der Waals surface area contributed by atoms with Gasteiger partial charge < -0.3 is 5.11 Å². The topological polar surface area (TPSA) is 33.1 Å². The molecule has 90 valence electrons. The van der Waals surface area contributed by atoms with Crippen LogP contribution in [0.4, 0.5) is 4.39 Å². The van der Waals surface area contributed by atoms with Crippen LogP contribution in [0, 0.1) is 11.7 Å². The second-order valence-corrected chi connectivity index (χ2v) is 4.33. The second kappa shape index (κ2) is 5.39. The summed E-state index contributed by atoms with van der Waals surface area (Å²) in [5, 5.41) is 10.6. The molecule has 0 amide bonds. The molecule has 0 aromatic carbocycles. The van der Waals surface area contributed by atoms with Gasteiger partial charge in [-0.05, 0) is 30.9 Å². The molecular formula is C13H20FNO. The molecule has 3 heteroatoms. The standard InChI is InChI=1S/C13H20FNO/c1-4-6-10(3)13(16,5-2)12-8-7-11(14)9-15-12/h7-10,16H,4-6H2,1-3H3. The predicted octanol–water partition coefficient (Wildman–Crippen LogP) is 3.25. The van der Waals surface area contributed by atoms with Gasteiger partial charge in [0.05, 0.1) is 11.9 Å². The van der Waals surface area contributed by atoms with Crippen molar-refractivity contribution in [2.24, 2.45) is 5.92 Å². The number of hydrogen-bond acceptors (Lipinski definition) is 2. The summed E-state index contributed by atoms with van der Waals surface area (Å²) in [7, 11) is 0. The summed E-state index contributed by atoms with van der Waals surface area (Å²) < 4.78 is 12.8. The molecule has 1 heterocycles. The van der Waals surface area contributed by atoms with Crippen molar-refractivity contribution in [1.82, 2.24) is 4.98 Å². The summed E-state index contributed by atoms with van der Waals surface area (Å²) in [5.41, 5.74) is -0.374. The molecule has 0 aliphatic carbocycles. The van der Waals surface area contributed by atoms with Crippen LogP contribution in [-0.2, 0) is 5.60 Å². The minimum atomic E-state index is -0.941. The lowest BCUT2D eigenvalue weighted by Gasteiger charge is -2.32. The Labute approximate surface area is 96.5 Å². The predicted molar refractivity (Wildman–Crippen MR) is 62.5 cm³/mol. The monoisotopic (exact) mass is 225 g/mol. The quantitative estimate of drug-likeness (QED) is 0.834. The van der Waals surface area contributed by atoms with Gasteiger partial charge in [-0.2, -0.15) is 0 Å². The number of rotatable bonds is 5. The van der Waals surface area contributed by atoms with Gasteiger partial charge in [-0.3, -0.25) is 4.98 Å². The van der Waals surface area contributed by atoms with Gasteiger partial charge in [-0.15, -0.1) is 0 Å². The van der Waals surface area contributed by atoms with Gasteiger partial charge in [-0.25, -0.2) is 4.39 Å². The van der Waals surface area contributed by atoms with Gasteiger partial charge in [0.2, 0.25) is 0 Å². The van der Waals surface area contributed by atoms with Crippen LogP contribution in [0.15, 0.2) is 18.3 Å². The third-order valence-electron chi connectivity index (χ3n) is 3.25. The Morgan fingerprint density at radius 2 is 2.12 bits per heavy atom. The lowest BCUT2D eigenvalue weighted by molar-refractivity contribution is -0.0284. The van der Waals surface area contributed by atoms with Crippen LogP contribution >= 0.6 is 0 Å². The van der Waals surface area contributed by atoms with E-state index in [1.165, 1.54) is 6.07 Å². The summed E-state index contributed by atoms with van der Waals surface area (Å²) in [6, 6.07) is 2.92. The normalized spacial score (nSPS) is 16.8. The van der Waals surface area contributed by atoms with Gasteiger partial charge >= 0.3 is 0 Å². The third kappa shape index (κ3) is 2.59. The van der Waals surface area contributed by atoms with E-state index in [2.05, 4.69) is 11.9 Å². The number of hydrogen-bond donors (Lipinski definition) is 1. The van der Waals surface area contributed by atoms with E-state index < -0.39 is 5.60 Å². The van der Waals surface area contributed by atoms with Crippen molar-refractivity contribution in [3.8, 4) is 0 Å². The fourth-order valence-electron chi connectivity index (χ4n) is 2.09. The molecule has 1 aromatic rings. The Morgan fingerprint density at radius 3 is 2.56 bits per heavy atom. The molecule has 2 atom stereocenters. The summed E-state index contributed by atoms with van der Waals surface area (Å²) in [4.78, 5) is 4.00. The number of aliphatic hydroxyl groups is 1. The first-order valence-electron chi connectivity index (χ1n) is 5.89. The van der Waals surface area contributed by atoms with Crippen LogP contribution in [0.3, 0.4) is 0 Å². The molecule has 0 aliphatic heterocycles. The van der Waals surface area contributed by atoms with Crippen LogP contribution in [0.2, 0.25) is 0 Å². The first kappa shape index (κ1) is 13.1. The van der Waals surface area contributed by atoms with E-state index in [-0.39, 0.29) is 11.7 Å². The van der Waals surface area contributed by atoms with E-state index in [1.54, 1.807) is 6.07 Å². The fraction of sp³-hybridized carbons (Fsp3) is 0.615. The summed E-state index contributed by atoms with van der Waals surface area (Å²) in [5.74, 6) is -0.245.